The minimum atomic E-state index is -0.0806. The molecule has 2 nitrogen and oxygen atoms in total. The summed E-state index contributed by atoms with van der Waals surface area (Å²) in [5.41, 5.74) is 0. The van der Waals surface area contributed by atoms with Gasteiger partial charge in [0.1, 0.15) is 0 Å². The molecule has 1 aliphatic rings. The highest BCUT2D eigenvalue weighted by Crippen LogP contribution is 2.34. The molecule has 1 saturated carbocycles. The summed E-state index contributed by atoms with van der Waals surface area (Å²) >= 11 is 1.96. The molecule has 0 saturated heterocycles. The molecule has 3 heteroatoms. The zero-order valence-electron chi connectivity index (χ0n) is 9.29. The Balaban J connectivity index is 2.32. The lowest BCUT2D eigenvalue weighted by Gasteiger charge is -2.20. The molecule has 2 unspecified atom stereocenters. The highest BCUT2D eigenvalue weighted by Gasteiger charge is 2.25. The number of carbonyl (C=O) groups excluding carboxylic acids is 1. The summed E-state index contributed by atoms with van der Waals surface area (Å²) in [6.45, 7) is 4.09. The molecule has 1 fully saturated rings. The van der Waals surface area contributed by atoms with Gasteiger partial charge >= 0.3 is 5.97 Å². The zero-order valence-corrected chi connectivity index (χ0v) is 10.1. The van der Waals surface area contributed by atoms with Gasteiger partial charge < -0.3 is 4.74 Å². The summed E-state index contributed by atoms with van der Waals surface area (Å²) in [6.07, 6.45) is 5.36. The molecular weight excluding hydrogens is 196 g/mol. The monoisotopic (exact) mass is 216 g/mol. The van der Waals surface area contributed by atoms with Crippen LogP contribution >= 0.6 is 11.8 Å². The maximum absolute atomic E-state index is 11.3. The standard InChI is InChI=1S/C11H20O2S/c1-8(11(12)13-3)9(2)14-10-6-4-5-7-10/h8-10H,4-7H2,1-3H3. The number of hydrogen-bond donors (Lipinski definition) is 0. The summed E-state index contributed by atoms with van der Waals surface area (Å²) < 4.78 is 4.75. The van der Waals surface area contributed by atoms with Gasteiger partial charge in [-0.25, -0.2) is 0 Å². The molecule has 0 spiro atoms. The van der Waals surface area contributed by atoms with Gasteiger partial charge in [-0.2, -0.15) is 11.8 Å². The van der Waals surface area contributed by atoms with Crippen molar-refractivity contribution in [3.8, 4) is 0 Å². The first kappa shape index (κ1) is 11.9. The fourth-order valence-electron chi connectivity index (χ4n) is 1.82. The Labute approximate surface area is 90.8 Å². The van der Waals surface area contributed by atoms with Gasteiger partial charge in [0.25, 0.3) is 0 Å². The molecule has 1 rings (SSSR count). The van der Waals surface area contributed by atoms with Crippen LogP contribution in [0.5, 0.6) is 0 Å². The zero-order chi connectivity index (χ0) is 10.6. The number of rotatable bonds is 4. The van der Waals surface area contributed by atoms with Crippen molar-refractivity contribution in [2.24, 2.45) is 5.92 Å². The molecule has 0 aromatic rings. The van der Waals surface area contributed by atoms with Crippen LogP contribution in [0.1, 0.15) is 39.5 Å². The predicted molar refractivity (Wildman–Crippen MR) is 60.5 cm³/mol. The van der Waals surface area contributed by atoms with Crippen molar-refractivity contribution in [2.75, 3.05) is 7.11 Å². The van der Waals surface area contributed by atoms with E-state index >= 15 is 0 Å². The Morgan fingerprint density at radius 3 is 2.43 bits per heavy atom. The van der Waals surface area contributed by atoms with Crippen molar-refractivity contribution in [3.63, 3.8) is 0 Å². The van der Waals surface area contributed by atoms with Crippen LogP contribution in [0.15, 0.2) is 0 Å². The maximum atomic E-state index is 11.3. The number of esters is 1. The topological polar surface area (TPSA) is 26.3 Å². The second-order valence-corrected chi connectivity index (χ2v) is 5.74. The van der Waals surface area contributed by atoms with Crippen molar-refractivity contribution < 1.29 is 9.53 Å². The van der Waals surface area contributed by atoms with Gasteiger partial charge in [0.15, 0.2) is 0 Å². The van der Waals surface area contributed by atoms with E-state index in [-0.39, 0.29) is 11.9 Å². The molecule has 0 amide bonds. The van der Waals surface area contributed by atoms with Crippen molar-refractivity contribution in [3.05, 3.63) is 0 Å². The second-order valence-electron chi connectivity index (χ2n) is 4.06. The van der Waals surface area contributed by atoms with Gasteiger partial charge in [-0.3, -0.25) is 4.79 Å². The molecular formula is C11H20O2S. The largest absolute Gasteiger partial charge is 0.469 e. The molecule has 1 aliphatic carbocycles. The first-order valence-corrected chi connectivity index (χ1v) is 6.32. The Bertz CT molecular complexity index is 188. The van der Waals surface area contributed by atoms with Crippen LogP contribution in [-0.2, 0) is 9.53 Å². The molecule has 0 heterocycles. The van der Waals surface area contributed by atoms with Gasteiger partial charge in [0.2, 0.25) is 0 Å². The molecule has 0 bridgehead atoms. The van der Waals surface area contributed by atoms with Crippen LogP contribution < -0.4 is 0 Å². The first-order valence-electron chi connectivity index (χ1n) is 5.38. The number of hydrogen-bond acceptors (Lipinski definition) is 3. The number of ether oxygens (including phenoxy) is 1. The van der Waals surface area contributed by atoms with Crippen LogP contribution in [0, 0.1) is 5.92 Å². The number of thioether (sulfide) groups is 1. The van der Waals surface area contributed by atoms with E-state index in [1.807, 2.05) is 18.7 Å². The fraction of sp³-hybridized carbons (Fsp3) is 0.909. The van der Waals surface area contributed by atoms with Gasteiger partial charge in [0.05, 0.1) is 13.0 Å². The van der Waals surface area contributed by atoms with Gasteiger partial charge in [-0.1, -0.05) is 26.7 Å². The second kappa shape index (κ2) is 5.64. The molecule has 0 aromatic heterocycles. The third-order valence-electron chi connectivity index (χ3n) is 2.99. The van der Waals surface area contributed by atoms with Gasteiger partial charge in [-0.15, -0.1) is 0 Å². The molecule has 0 aromatic carbocycles. The smallest absolute Gasteiger partial charge is 0.309 e. The van der Waals surface area contributed by atoms with E-state index < -0.39 is 0 Å². The Hall–Kier alpha value is -0.180. The van der Waals surface area contributed by atoms with E-state index in [1.165, 1.54) is 32.8 Å². The third kappa shape index (κ3) is 3.19. The van der Waals surface area contributed by atoms with E-state index in [2.05, 4.69) is 6.92 Å². The summed E-state index contributed by atoms with van der Waals surface area (Å²) in [5.74, 6) is -0.0615. The normalized spacial score (nSPS) is 21.9. The van der Waals surface area contributed by atoms with Crippen LogP contribution in [-0.4, -0.2) is 23.6 Å². The molecule has 14 heavy (non-hydrogen) atoms. The lowest BCUT2D eigenvalue weighted by Crippen LogP contribution is -2.23. The van der Waals surface area contributed by atoms with E-state index in [1.54, 1.807) is 0 Å². The molecule has 0 aliphatic heterocycles. The molecule has 82 valence electrons. The number of carbonyl (C=O) groups is 1. The maximum Gasteiger partial charge on any atom is 0.309 e. The lowest BCUT2D eigenvalue weighted by atomic mass is 10.1. The highest BCUT2D eigenvalue weighted by atomic mass is 32.2. The Morgan fingerprint density at radius 1 is 1.36 bits per heavy atom. The summed E-state index contributed by atoms with van der Waals surface area (Å²) in [4.78, 5) is 11.3. The van der Waals surface area contributed by atoms with Crippen LogP contribution in [0.4, 0.5) is 0 Å². The average molecular weight is 216 g/mol. The van der Waals surface area contributed by atoms with E-state index in [0.29, 0.717) is 5.25 Å². The quantitative estimate of drug-likeness (QED) is 0.676. The van der Waals surface area contributed by atoms with Crippen LogP contribution in [0.3, 0.4) is 0 Å². The molecule has 0 N–H and O–H groups in total. The van der Waals surface area contributed by atoms with Gasteiger partial charge in [-0.05, 0) is 12.8 Å². The van der Waals surface area contributed by atoms with Crippen molar-refractivity contribution in [1.82, 2.24) is 0 Å². The molecule has 2 atom stereocenters. The van der Waals surface area contributed by atoms with Crippen molar-refractivity contribution in [2.45, 2.75) is 50.0 Å². The van der Waals surface area contributed by atoms with Crippen LogP contribution in [0.25, 0.3) is 0 Å². The third-order valence-corrected chi connectivity index (χ3v) is 4.68. The summed E-state index contributed by atoms with van der Waals surface area (Å²) in [7, 11) is 1.46. The highest BCUT2D eigenvalue weighted by molar-refractivity contribution is 8.00. The Morgan fingerprint density at radius 2 is 1.93 bits per heavy atom. The van der Waals surface area contributed by atoms with E-state index in [4.69, 9.17) is 4.74 Å². The lowest BCUT2D eigenvalue weighted by molar-refractivity contribution is -0.144. The minimum Gasteiger partial charge on any atom is -0.469 e. The number of methoxy groups -OCH3 is 1. The summed E-state index contributed by atoms with van der Waals surface area (Å²) in [6, 6.07) is 0. The van der Waals surface area contributed by atoms with Crippen molar-refractivity contribution >= 4 is 17.7 Å². The van der Waals surface area contributed by atoms with E-state index in [9.17, 15) is 4.79 Å². The average Bonchev–Trinajstić information content (AvgIpc) is 2.68. The van der Waals surface area contributed by atoms with Gasteiger partial charge in [0, 0.05) is 10.5 Å². The Kier molecular flexibility index (Phi) is 4.79. The van der Waals surface area contributed by atoms with Crippen molar-refractivity contribution in [1.29, 1.82) is 0 Å². The minimum absolute atomic E-state index is 0.0191. The van der Waals surface area contributed by atoms with Crippen LogP contribution in [0.2, 0.25) is 0 Å². The fourth-order valence-corrected chi connectivity index (χ4v) is 3.38. The first-order chi connectivity index (χ1) is 6.65. The predicted octanol–water partition coefficient (Wildman–Crippen LogP) is 2.86. The van der Waals surface area contributed by atoms with E-state index in [0.717, 1.165) is 5.25 Å². The molecule has 0 radical (unpaired) electrons. The SMILES string of the molecule is COC(=O)C(C)C(C)SC1CCCC1. The summed E-state index contributed by atoms with van der Waals surface area (Å²) in [5, 5.41) is 1.16.